The average Bonchev–Trinajstić information content (AvgIpc) is 3.12. The van der Waals surface area contributed by atoms with E-state index < -0.39 is 11.0 Å². The summed E-state index contributed by atoms with van der Waals surface area (Å²) in [4.78, 5) is 12.6. The fourth-order valence-electron chi connectivity index (χ4n) is 6.77. The topological polar surface area (TPSA) is 55.8 Å². The van der Waals surface area contributed by atoms with E-state index >= 15 is 0 Å². The molecule has 0 bridgehead atoms. The van der Waals surface area contributed by atoms with E-state index in [9.17, 15) is 9.90 Å². The molecule has 0 amide bonds. The quantitative estimate of drug-likeness (QED) is 0.803. The van der Waals surface area contributed by atoms with Gasteiger partial charge >= 0.3 is 5.97 Å². The Morgan fingerprint density at radius 2 is 2.08 bits per heavy atom. The number of hydrogen-bond donors (Lipinski definition) is 1. The van der Waals surface area contributed by atoms with Crippen molar-refractivity contribution in [1.82, 2.24) is 0 Å². The van der Waals surface area contributed by atoms with Gasteiger partial charge in [0.05, 0.1) is 11.0 Å². The maximum Gasteiger partial charge on any atom is 0.312 e. The van der Waals surface area contributed by atoms with Gasteiger partial charge in [-0.15, -0.1) is 0 Å². The number of hydrogen-bond acceptors (Lipinski definition) is 4. The highest BCUT2D eigenvalue weighted by atomic mass is 16.6. The third-order valence-electron chi connectivity index (χ3n) is 8.21. The zero-order chi connectivity index (χ0) is 17.2. The first kappa shape index (κ1) is 16.8. The van der Waals surface area contributed by atoms with Gasteiger partial charge in [0.1, 0.15) is 6.10 Å². The summed E-state index contributed by atoms with van der Waals surface area (Å²) < 4.78 is 11.3. The Morgan fingerprint density at radius 1 is 1.29 bits per heavy atom. The van der Waals surface area contributed by atoms with Crippen LogP contribution in [0.2, 0.25) is 0 Å². The van der Waals surface area contributed by atoms with Crippen LogP contribution >= 0.6 is 0 Å². The number of aliphatic hydroxyl groups is 1. The van der Waals surface area contributed by atoms with Gasteiger partial charge in [-0.1, -0.05) is 20.3 Å². The standard InChI is InChI=1S/C20H32O4/c1-13-11-15-16-18(2,17(21)24-15)7-4-8-19(16,3)20(13,22)9-5-14-6-10-23-12-14/h13-16,22H,4-12H2,1-3H3/t13-,14?,15?,16?,18+,19+,20-/m1/s1. The highest BCUT2D eigenvalue weighted by Gasteiger charge is 2.71. The average molecular weight is 336 g/mol. The molecule has 0 radical (unpaired) electrons. The first-order chi connectivity index (χ1) is 11.3. The smallest absolute Gasteiger partial charge is 0.312 e. The van der Waals surface area contributed by atoms with E-state index in [4.69, 9.17) is 9.47 Å². The molecule has 136 valence electrons. The molecule has 4 heteroatoms. The summed E-state index contributed by atoms with van der Waals surface area (Å²) >= 11 is 0. The number of carbonyl (C=O) groups is 1. The fourth-order valence-corrected chi connectivity index (χ4v) is 6.77. The lowest BCUT2D eigenvalue weighted by Crippen LogP contribution is -2.65. The molecule has 4 aliphatic rings. The van der Waals surface area contributed by atoms with Crippen LogP contribution in [0.5, 0.6) is 0 Å². The van der Waals surface area contributed by atoms with Gasteiger partial charge in [0.15, 0.2) is 0 Å². The van der Waals surface area contributed by atoms with Crippen LogP contribution in [0.25, 0.3) is 0 Å². The predicted molar refractivity (Wildman–Crippen MR) is 90.3 cm³/mol. The largest absolute Gasteiger partial charge is 0.462 e. The normalized spacial score (nSPS) is 53.8. The van der Waals surface area contributed by atoms with Crippen LogP contribution in [-0.2, 0) is 14.3 Å². The Kier molecular flexibility index (Phi) is 3.82. The minimum atomic E-state index is -0.702. The molecule has 4 fully saturated rings. The van der Waals surface area contributed by atoms with Crippen LogP contribution < -0.4 is 0 Å². The monoisotopic (exact) mass is 336 g/mol. The minimum absolute atomic E-state index is 0.00195. The van der Waals surface area contributed by atoms with Crippen molar-refractivity contribution in [3.63, 3.8) is 0 Å². The van der Waals surface area contributed by atoms with Gasteiger partial charge in [-0.2, -0.15) is 0 Å². The Balaban J connectivity index is 1.65. The van der Waals surface area contributed by atoms with Gasteiger partial charge in [0.25, 0.3) is 0 Å². The maximum atomic E-state index is 12.6. The molecule has 2 heterocycles. The van der Waals surface area contributed by atoms with E-state index in [-0.39, 0.29) is 29.3 Å². The number of carbonyl (C=O) groups excluding carboxylic acids is 1. The molecule has 3 unspecified atom stereocenters. The van der Waals surface area contributed by atoms with Crippen LogP contribution in [0.1, 0.15) is 65.7 Å². The van der Waals surface area contributed by atoms with E-state index in [2.05, 4.69) is 20.8 Å². The second-order valence-electron chi connectivity index (χ2n) is 9.44. The molecule has 2 saturated heterocycles. The molecular weight excluding hydrogens is 304 g/mol. The van der Waals surface area contributed by atoms with Crippen LogP contribution in [0.4, 0.5) is 0 Å². The highest BCUT2D eigenvalue weighted by Crippen LogP contribution is 2.67. The summed E-state index contributed by atoms with van der Waals surface area (Å²) in [5.74, 6) is 0.884. The van der Waals surface area contributed by atoms with Gasteiger partial charge in [0.2, 0.25) is 0 Å². The molecule has 2 saturated carbocycles. The number of rotatable bonds is 3. The van der Waals surface area contributed by atoms with Crippen molar-refractivity contribution in [2.24, 2.45) is 28.6 Å². The van der Waals surface area contributed by atoms with Crippen molar-refractivity contribution in [3.8, 4) is 0 Å². The Labute approximate surface area is 145 Å². The second-order valence-corrected chi connectivity index (χ2v) is 9.44. The van der Waals surface area contributed by atoms with E-state index in [0.717, 1.165) is 58.2 Å². The Morgan fingerprint density at radius 3 is 2.79 bits per heavy atom. The van der Waals surface area contributed by atoms with Crippen LogP contribution in [0, 0.1) is 28.6 Å². The third kappa shape index (κ3) is 2.08. The van der Waals surface area contributed by atoms with Crippen molar-refractivity contribution >= 4 is 5.97 Å². The zero-order valence-electron chi connectivity index (χ0n) is 15.3. The molecular formula is C20H32O4. The SMILES string of the molecule is C[C@@H]1CC2OC(=O)[C@@]3(C)CCC[C@@](C)(C23)[C@@]1(O)CCC1CCOC1. The van der Waals surface area contributed by atoms with E-state index in [0.29, 0.717) is 5.92 Å². The minimum Gasteiger partial charge on any atom is -0.462 e. The first-order valence-corrected chi connectivity index (χ1v) is 9.82. The second kappa shape index (κ2) is 5.44. The van der Waals surface area contributed by atoms with Gasteiger partial charge in [0, 0.05) is 24.5 Å². The summed E-state index contributed by atoms with van der Waals surface area (Å²) in [6.07, 6.45) is 6.69. The molecule has 4 nitrogen and oxygen atoms in total. The van der Waals surface area contributed by atoms with Gasteiger partial charge in [-0.3, -0.25) is 4.79 Å². The molecule has 4 rings (SSSR count). The molecule has 0 spiro atoms. The molecule has 0 aromatic rings. The van der Waals surface area contributed by atoms with Crippen molar-refractivity contribution in [1.29, 1.82) is 0 Å². The van der Waals surface area contributed by atoms with Crippen LogP contribution in [-0.4, -0.2) is 36.0 Å². The molecule has 0 aromatic heterocycles. The van der Waals surface area contributed by atoms with Gasteiger partial charge < -0.3 is 14.6 Å². The van der Waals surface area contributed by atoms with Crippen molar-refractivity contribution in [2.45, 2.75) is 77.4 Å². The van der Waals surface area contributed by atoms with E-state index in [1.807, 2.05) is 0 Å². The zero-order valence-corrected chi connectivity index (χ0v) is 15.3. The molecule has 24 heavy (non-hydrogen) atoms. The lowest BCUT2D eigenvalue weighted by atomic mass is 9.44. The summed E-state index contributed by atoms with van der Waals surface area (Å²) in [5.41, 5.74) is -1.33. The maximum absolute atomic E-state index is 12.6. The van der Waals surface area contributed by atoms with Crippen molar-refractivity contribution in [3.05, 3.63) is 0 Å². The summed E-state index contributed by atoms with van der Waals surface area (Å²) in [7, 11) is 0. The predicted octanol–water partition coefficient (Wildman–Crippen LogP) is 3.31. The lowest BCUT2D eigenvalue weighted by molar-refractivity contribution is -0.219. The van der Waals surface area contributed by atoms with E-state index in [1.54, 1.807) is 0 Å². The summed E-state index contributed by atoms with van der Waals surface area (Å²) in [6, 6.07) is 0. The molecule has 1 N–H and O–H groups in total. The van der Waals surface area contributed by atoms with Gasteiger partial charge in [-0.05, 0) is 57.3 Å². The fraction of sp³-hybridized carbons (Fsp3) is 0.950. The third-order valence-corrected chi connectivity index (χ3v) is 8.21. The summed E-state index contributed by atoms with van der Waals surface area (Å²) in [6.45, 7) is 8.18. The molecule has 7 atom stereocenters. The lowest BCUT2D eigenvalue weighted by Gasteiger charge is -2.61. The number of esters is 1. The van der Waals surface area contributed by atoms with Crippen molar-refractivity contribution < 1.29 is 19.4 Å². The van der Waals surface area contributed by atoms with Crippen LogP contribution in [0.3, 0.4) is 0 Å². The molecule has 2 aliphatic carbocycles. The van der Waals surface area contributed by atoms with E-state index in [1.165, 1.54) is 0 Å². The molecule has 2 aliphatic heterocycles. The Hall–Kier alpha value is -0.610. The highest BCUT2D eigenvalue weighted by molar-refractivity contribution is 5.80. The van der Waals surface area contributed by atoms with Crippen LogP contribution in [0.15, 0.2) is 0 Å². The van der Waals surface area contributed by atoms with Gasteiger partial charge in [-0.25, -0.2) is 0 Å². The van der Waals surface area contributed by atoms with Crippen molar-refractivity contribution in [2.75, 3.05) is 13.2 Å². The first-order valence-electron chi connectivity index (χ1n) is 9.82. The molecule has 0 aromatic carbocycles. The summed E-state index contributed by atoms with van der Waals surface area (Å²) in [5, 5.41) is 11.9. The number of ether oxygens (including phenoxy) is 2. The Bertz CT molecular complexity index is 528.